The number of rotatable bonds is 3. The molecule has 0 bridgehead atoms. The summed E-state index contributed by atoms with van der Waals surface area (Å²) in [5.41, 5.74) is 32.9. The molecule has 0 unspecified atom stereocenters. The predicted molar refractivity (Wildman–Crippen MR) is 324 cm³/mol. The van der Waals surface area contributed by atoms with Crippen LogP contribution in [-0.4, -0.2) is 0 Å². The van der Waals surface area contributed by atoms with Crippen LogP contribution in [-0.2, 0) is 27.1 Å². The van der Waals surface area contributed by atoms with Crippen LogP contribution in [0.3, 0.4) is 0 Å². The lowest BCUT2D eigenvalue weighted by molar-refractivity contribution is 0.649. The number of hydrogen-bond acceptors (Lipinski definition) is 3. The minimum atomic E-state index is -0.278. The molecule has 0 saturated carbocycles. The second-order valence-electron chi connectivity index (χ2n) is 26.0. The molecule has 2 heterocycles. The molecule has 3 heteroatoms. The Kier molecular flexibility index (Phi) is 8.14. The third-order valence-corrected chi connectivity index (χ3v) is 20.3. The summed E-state index contributed by atoms with van der Waals surface area (Å²) < 4.78 is 13.6. The fourth-order valence-corrected chi connectivity index (χ4v) is 16.0. The average Bonchev–Trinajstić information content (AvgIpc) is 3.19. The number of hydrogen-bond donors (Lipinski definition) is 0. The van der Waals surface area contributed by atoms with E-state index in [9.17, 15) is 0 Å². The maximum atomic E-state index is 6.78. The van der Waals surface area contributed by atoms with Gasteiger partial charge in [-0.2, -0.15) is 0 Å². The SMILES string of the molecule is CC1(C)c2ccccc2-c2ccc(N(c3ccc4c(c3)C(C)(C)c3cc5c(cc3-4)C(C)(C)c3ccc4c(oc6ccccc64)c3-5)c3ccc4c(c3)C(C)(C)c3cc5c(cc3-4)C(C)(C)c3ccc4c(oc6ccccc64)c3-5)cc21. The quantitative estimate of drug-likeness (QED) is 0.177. The zero-order valence-corrected chi connectivity index (χ0v) is 46.0. The van der Waals surface area contributed by atoms with E-state index in [1.807, 2.05) is 0 Å². The second-order valence-corrected chi connectivity index (χ2v) is 26.0. The van der Waals surface area contributed by atoms with Crippen LogP contribution in [0.15, 0.2) is 185 Å². The molecule has 5 aliphatic rings. The summed E-state index contributed by atoms with van der Waals surface area (Å²) in [4.78, 5) is 2.55. The Balaban J connectivity index is 0.827. The van der Waals surface area contributed by atoms with Gasteiger partial charge in [0.2, 0.25) is 0 Å². The van der Waals surface area contributed by atoms with E-state index in [2.05, 4.69) is 250 Å². The summed E-state index contributed by atoms with van der Waals surface area (Å²) in [7, 11) is 0. The van der Waals surface area contributed by atoms with Crippen LogP contribution in [0.25, 0.3) is 99.5 Å². The molecule has 0 saturated heterocycles. The Morgan fingerprint density at radius 1 is 0.256 bits per heavy atom. The van der Waals surface area contributed by atoms with Crippen LogP contribution in [0.1, 0.15) is 125 Å². The van der Waals surface area contributed by atoms with Crippen molar-refractivity contribution < 1.29 is 8.83 Å². The van der Waals surface area contributed by atoms with Gasteiger partial charge in [0.1, 0.15) is 22.3 Å². The van der Waals surface area contributed by atoms with Crippen molar-refractivity contribution in [3.8, 4) is 55.6 Å². The molecule has 0 atom stereocenters. The number of fused-ring (bicyclic) bond motifs is 23. The first-order chi connectivity index (χ1) is 37.4. The van der Waals surface area contributed by atoms with Crippen LogP contribution in [0.5, 0.6) is 0 Å². The number of para-hydroxylation sites is 2. The Morgan fingerprint density at radius 3 is 1.05 bits per heavy atom. The van der Waals surface area contributed by atoms with Crippen LogP contribution in [0.4, 0.5) is 17.1 Å². The minimum Gasteiger partial charge on any atom is -0.455 e. The molecule has 17 rings (SSSR count). The van der Waals surface area contributed by atoms with E-state index in [1.54, 1.807) is 0 Å². The number of furan rings is 2. The van der Waals surface area contributed by atoms with E-state index in [4.69, 9.17) is 8.83 Å². The van der Waals surface area contributed by atoms with E-state index in [1.165, 1.54) is 133 Å². The van der Waals surface area contributed by atoms with Crippen LogP contribution in [0, 0.1) is 0 Å². The standard InChI is InChI=1S/C75H59NO2/c1-71(2)55-20-14-11-17-43(55)44-26-23-40(33-58(44)71)76(41-24-27-45-51-36-63-53(38-61(51)74(7,8)59(45)34-41)67-56(72(63,3)4)31-29-49-47-18-12-15-21-65(47)77-69(49)67)42-25-28-46-52-37-64-54(39-62(52)75(9,10)60(46)35-42)68-57(73(64,5)6)32-30-50-48-19-13-16-22-66(48)78-70(50)68/h11-39H,1-10H3. The van der Waals surface area contributed by atoms with Crippen LogP contribution >= 0.6 is 0 Å². The van der Waals surface area contributed by atoms with E-state index < -0.39 is 0 Å². The largest absolute Gasteiger partial charge is 0.455 e. The summed E-state index contributed by atoms with van der Waals surface area (Å²) in [6.07, 6.45) is 0. The minimum absolute atomic E-state index is 0.155. The molecule has 0 spiro atoms. The summed E-state index contributed by atoms with van der Waals surface area (Å²) in [5, 5.41) is 4.70. The predicted octanol–water partition coefficient (Wildman–Crippen LogP) is 20.5. The molecule has 0 fully saturated rings. The Hall–Kier alpha value is -8.40. The molecule has 0 aliphatic heterocycles. The third kappa shape index (κ3) is 5.31. The Bertz CT molecular complexity index is 4520. The zero-order valence-electron chi connectivity index (χ0n) is 46.0. The summed E-state index contributed by atoms with van der Waals surface area (Å²) in [6.45, 7) is 24.1. The summed E-state index contributed by atoms with van der Waals surface area (Å²) in [5.74, 6) is 0. The molecule has 0 amide bonds. The van der Waals surface area contributed by atoms with Gasteiger partial charge in [-0.25, -0.2) is 0 Å². The van der Waals surface area contributed by atoms with Gasteiger partial charge in [0.05, 0.1) is 0 Å². The van der Waals surface area contributed by atoms with Crippen LogP contribution < -0.4 is 4.90 Å². The first-order valence-electron chi connectivity index (χ1n) is 28.1. The van der Waals surface area contributed by atoms with Crippen molar-refractivity contribution in [2.45, 2.75) is 96.3 Å². The van der Waals surface area contributed by atoms with Crippen molar-refractivity contribution in [1.29, 1.82) is 0 Å². The van der Waals surface area contributed by atoms with Crippen molar-refractivity contribution in [2.24, 2.45) is 0 Å². The van der Waals surface area contributed by atoms with Gasteiger partial charge in [0.15, 0.2) is 0 Å². The first-order valence-corrected chi connectivity index (χ1v) is 28.1. The van der Waals surface area contributed by atoms with Gasteiger partial charge < -0.3 is 13.7 Å². The summed E-state index contributed by atoms with van der Waals surface area (Å²) >= 11 is 0. The van der Waals surface area contributed by atoms with Gasteiger partial charge in [-0.1, -0.05) is 172 Å². The molecule has 5 aliphatic carbocycles. The van der Waals surface area contributed by atoms with Crippen molar-refractivity contribution in [2.75, 3.05) is 4.90 Å². The normalized spacial score (nSPS) is 17.1. The molecule has 12 aromatic rings. The van der Waals surface area contributed by atoms with Crippen molar-refractivity contribution in [1.82, 2.24) is 0 Å². The van der Waals surface area contributed by atoms with Gasteiger partial charge in [-0.3, -0.25) is 0 Å². The highest BCUT2D eigenvalue weighted by Gasteiger charge is 2.46. The van der Waals surface area contributed by atoms with E-state index >= 15 is 0 Å². The average molecular weight is 1010 g/mol. The van der Waals surface area contributed by atoms with Crippen molar-refractivity contribution in [3.63, 3.8) is 0 Å². The highest BCUT2D eigenvalue weighted by Crippen LogP contribution is 2.62. The van der Waals surface area contributed by atoms with E-state index in [0.29, 0.717) is 0 Å². The fourth-order valence-electron chi connectivity index (χ4n) is 16.0. The lowest BCUT2D eigenvalue weighted by Crippen LogP contribution is -2.19. The van der Waals surface area contributed by atoms with Crippen molar-refractivity contribution >= 4 is 60.9 Å². The molecule has 78 heavy (non-hydrogen) atoms. The van der Waals surface area contributed by atoms with Gasteiger partial charge in [0.25, 0.3) is 0 Å². The smallest absolute Gasteiger partial charge is 0.143 e. The van der Waals surface area contributed by atoms with Gasteiger partial charge in [-0.05, 0) is 173 Å². The lowest BCUT2D eigenvalue weighted by atomic mass is 9.79. The first kappa shape index (κ1) is 44.7. The molecular formula is C75H59NO2. The highest BCUT2D eigenvalue weighted by molar-refractivity contribution is 6.14. The number of benzene rings is 10. The van der Waals surface area contributed by atoms with E-state index in [-0.39, 0.29) is 27.1 Å². The second kappa shape index (κ2) is 14.2. The van der Waals surface area contributed by atoms with E-state index in [0.717, 1.165) is 39.4 Å². The molecule has 0 N–H and O–H groups in total. The monoisotopic (exact) mass is 1010 g/mol. The number of anilines is 3. The maximum absolute atomic E-state index is 6.78. The van der Waals surface area contributed by atoms with Gasteiger partial charge >= 0.3 is 0 Å². The molecule has 2 aromatic heterocycles. The van der Waals surface area contributed by atoms with Crippen LogP contribution in [0.2, 0.25) is 0 Å². The topological polar surface area (TPSA) is 29.5 Å². The number of nitrogens with zero attached hydrogens (tertiary/aromatic N) is 1. The molecular weight excluding hydrogens is 947 g/mol. The molecule has 376 valence electrons. The third-order valence-electron chi connectivity index (χ3n) is 20.3. The molecule has 10 aromatic carbocycles. The highest BCUT2D eigenvalue weighted by atomic mass is 16.3. The Morgan fingerprint density at radius 2 is 0.590 bits per heavy atom. The van der Waals surface area contributed by atoms with Crippen molar-refractivity contribution in [3.05, 3.63) is 232 Å². The molecule has 3 nitrogen and oxygen atoms in total. The van der Waals surface area contributed by atoms with Gasteiger partial charge in [0, 0.05) is 76.8 Å². The zero-order chi connectivity index (χ0) is 52.9. The maximum Gasteiger partial charge on any atom is 0.143 e. The fraction of sp³-hybridized carbons (Fsp3) is 0.200. The molecule has 0 radical (unpaired) electrons. The lowest BCUT2D eigenvalue weighted by Gasteiger charge is -2.31. The van der Waals surface area contributed by atoms with Gasteiger partial charge in [-0.15, -0.1) is 0 Å². The summed E-state index contributed by atoms with van der Waals surface area (Å²) in [6, 6.07) is 67.2. The Labute approximate surface area is 455 Å².